The number of esters is 1. The van der Waals surface area contributed by atoms with Gasteiger partial charge in [0, 0.05) is 12.8 Å². The highest BCUT2D eigenvalue weighted by molar-refractivity contribution is 5.82. The van der Waals surface area contributed by atoms with Gasteiger partial charge in [0.2, 0.25) is 0 Å². The van der Waals surface area contributed by atoms with Crippen LogP contribution in [0.2, 0.25) is 0 Å². The lowest BCUT2D eigenvalue weighted by atomic mass is 9.86. The summed E-state index contributed by atoms with van der Waals surface area (Å²) < 4.78 is 5.13. The minimum Gasteiger partial charge on any atom is -0.466 e. The number of unbranched alkanes of at least 4 members (excludes halogenated alkanes) is 2. The van der Waals surface area contributed by atoms with E-state index in [1.807, 2.05) is 6.92 Å². The van der Waals surface area contributed by atoms with Gasteiger partial charge in [0.15, 0.2) is 0 Å². The predicted octanol–water partition coefficient (Wildman–Crippen LogP) is 3.12. The highest BCUT2D eigenvalue weighted by Crippen LogP contribution is 2.33. The number of ether oxygens (including phenoxy) is 1. The molecule has 0 radical (unpaired) electrons. The van der Waals surface area contributed by atoms with Crippen LogP contribution in [0, 0.1) is 11.8 Å². The van der Waals surface area contributed by atoms with Crippen LogP contribution in [0.5, 0.6) is 0 Å². The van der Waals surface area contributed by atoms with Gasteiger partial charge in [0.05, 0.1) is 12.5 Å². The van der Waals surface area contributed by atoms with Gasteiger partial charge in [-0.25, -0.2) is 0 Å². The molecule has 0 aliphatic heterocycles. The summed E-state index contributed by atoms with van der Waals surface area (Å²) >= 11 is 0. The molecule has 0 saturated heterocycles. The number of ketones is 1. The van der Waals surface area contributed by atoms with E-state index in [2.05, 4.69) is 6.92 Å². The molecule has 1 rings (SSSR count). The Hall–Kier alpha value is -0.860. The van der Waals surface area contributed by atoms with Gasteiger partial charge in [0.25, 0.3) is 0 Å². The summed E-state index contributed by atoms with van der Waals surface area (Å²) in [5.74, 6) is 0.398. The summed E-state index contributed by atoms with van der Waals surface area (Å²) in [6.45, 7) is 4.42. The van der Waals surface area contributed by atoms with Crippen LogP contribution in [0.1, 0.15) is 58.8 Å². The van der Waals surface area contributed by atoms with Gasteiger partial charge in [-0.1, -0.05) is 26.2 Å². The van der Waals surface area contributed by atoms with Crippen molar-refractivity contribution in [1.82, 2.24) is 0 Å². The first-order valence-electron chi connectivity index (χ1n) is 6.87. The maximum atomic E-state index is 11.9. The van der Waals surface area contributed by atoms with Crippen molar-refractivity contribution in [3.8, 4) is 0 Å². The van der Waals surface area contributed by atoms with Crippen molar-refractivity contribution in [2.24, 2.45) is 11.8 Å². The van der Waals surface area contributed by atoms with Crippen LogP contribution in [0.25, 0.3) is 0 Å². The third-order valence-electron chi connectivity index (χ3n) is 3.56. The maximum absolute atomic E-state index is 11.9. The summed E-state index contributed by atoms with van der Waals surface area (Å²) in [7, 11) is 0. The zero-order valence-corrected chi connectivity index (χ0v) is 11.0. The van der Waals surface area contributed by atoms with E-state index < -0.39 is 0 Å². The van der Waals surface area contributed by atoms with Gasteiger partial charge in [-0.15, -0.1) is 0 Å². The topological polar surface area (TPSA) is 43.4 Å². The van der Waals surface area contributed by atoms with E-state index in [-0.39, 0.29) is 17.8 Å². The number of hydrogen-bond acceptors (Lipinski definition) is 3. The molecule has 0 aromatic heterocycles. The molecule has 1 aliphatic rings. The van der Waals surface area contributed by atoms with Crippen molar-refractivity contribution in [2.45, 2.75) is 58.8 Å². The average Bonchev–Trinajstić information content (AvgIpc) is 2.71. The van der Waals surface area contributed by atoms with E-state index >= 15 is 0 Å². The summed E-state index contributed by atoms with van der Waals surface area (Å²) in [5, 5.41) is 0. The average molecular weight is 240 g/mol. The summed E-state index contributed by atoms with van der Waals surface area (Å²) in [6, 6.07) is 0. The van der Waals surface area contributed by atoms with E-state index in [1.165, 1.54) is 0 Å². The Kier molecular flexibility index (Phi) is 6.23. The van der Waals surface area contributed by atoms with E-state index in [0.717, 1.165) is 32.1 Å². The fraction of sp³-hybridized carbons (Fsp3) is 0.857. The molecule has 0 bridgehead atoms. The lowest BCUT2D eigenvalue weighted by Crippen LogP contribution is -2.25. The normalized spacial score (nSPS) is 21.5. The molecule has 0 N–H and O–H groups in total. The van der Waals surface area contributed by atoms with Crippen molar-refractivity contribution in [3.63, 3.8) is 0 Å². The molecule has 1 aliphatic carbocycles. The van der Waals surface area contributed by atoms with Crippen LogP contribution in [-0.2, 0) is 14.3 Å². The third-order valence-corrected chi connectivity index (χ3v) is 3.56. The first-order chi connectivity index (χ1) is 8.19. The SMILES string of the molecule is CCCCCC(C(=O)OCC)C1CCC(=O)C1. The van der Waals surface area contributed by atoms with Crippen LogP contribution in [0.3, 0.4) is 0 Å². The van der Waals surface area contributed by atoms with Crippen molar-refractivity contribution in [2.75, 3.05) is 6.61 Å². The third kappa shape index (κ3) is 4.49. The number of rotatable bonds is 7. The lowest BCUT2D eigenvalue weighted by Gasteiger charge is -2.20. The van der Waals surface area contributed by atoms with E-state index in [0.29, 0.717) is 25.2 Å². The fourth-order valence-corrected chi connectivity index (χ4v) is 2.60. The molecule has 0 aromatic rings. The molecule has 98 valence electrons. The quantitative estimate of drug-likeness (QED) is 0.507. The van der Waals surface area contributed by atoms with Crippen molar-refractivity contribution in [1.29, 1.82) is 0 Å². The van der Waals surface area contributed by atoms with Gasteiger partial charge in [-0.3, -0.25) is 9.59 Å². The predicted molar refractivity (Wildman–Crippen MR) is 66.6 cm³/mol. The van der Waals surface area contributed by atoms with Gasteiger partial charge in [-0.05, 0) is 25.7 Å². The molecular weight excluding hydrogens is 216 g/mol. The highest BCUT2D eigenvalue weighted by atomic mass is 16.5. The van der Waals surface area contributed by atoms with Gasteiger partial charge in [0.1, 0.15) is 5.78 Å². The Morgan fingerprint density at radius 1 is 1.41 bits per heavy atom. The second-order valence-corrected chi connectivity index (χ2v) is 4.90. The van der Waals surface area contributed by atoms with Crippen molar-refractivity contribution < 1.29 is 14.3 Å². The summed E-state index contributed by atoms with van der Waals surface area (Å²) in [4.78, 5) is 23.2. The smallest absolute Gasteiger partial charge is 0.309 e. The molecule has 0 amide bonds. The zero-order valence-electron chi connectivity index (χ0n) is 11.0. The first-order valence-corrected chi connectivity index (χ1v) is 6.87. The van der Waals surface area contributed by atoms with Crippen LogP contribution in [-0.4, -0.2) is 18.4 Å². The van der Waals surface area contributed by atoms with E-state index in [4.69, 9.17) is 4.74 Å². The molecule has 0 heterocycles. The van der Waals surface area contributed by atoms with Crippen LogP contribution < -0.4 is 0 Å². The fourth-order valence-electron chi connectivity index (χ4n) is 2.60. The molecule has 0 aromatic carbocycles. The van der Waals surface area contributed by atoms with Crippen LogP contribution in [0.15, 0.2) is 0 Å². The molecule has 1 fully saturated rings. The minimum absolute atomic E-state index is 0.0482. The number of carbonyl (C=O) groups excluding carboxylic acids is 2. The monoisotopic (exact) mass is 240 g/mol. The molecule has 17 heavy (non-hydrogen) atoms. The highest BCUT2D eigenvalue weighted by Gasteiger charge is 2.34. The molecular formula is C14H24O3. The molecule has 0 spiro atoms. The largest absolute Gasteiger partial charge is 0.466 e. The second kappa shape index (κ2) is 7.46. The lowest BCUT2D eigenvalue weighted by molar-refractivity contribution is -0.150. The zero-order chi connectivity index (χ0) is 12.7. The molecule has 3 heteroatoms. The van der Waals surface area contributed by atoms with Gasteiger partial charge < -0.3 is 4.74 Å². The Labute approximate surface area is 104 Å². The van der Waals surface area contributed by atoms with Crippen LogP contribution >= 0.6 is 0 Å². The Morgan fingerprint density at radius 2 is 2.18 bits per heavy atom. The molecule has 2 unspecified atom stereocenters. The summed E-state index contributed by atoms with van der Waals surface area (Å²) in [5.41, 5.74) is 0. The molecule has 1 saturated carbocycles. The maximum Gasteiger partial charge on any atom is 0.309 e. The van der Waals surface area contributed by atoms with Gasteiger partial charge >= 0.3 is 5.97 Å². The van der Waals surface area contributed by atoms with Crippen LogP contribution in [0.4, 0.5) is 0 Å². The van der Waals surface area contributed by atoms with E-state index in [1.54, 1.807) is 0 Å². The Balaban J connectivity index is 2.51. The minimum atomic E-state index is -0.0942. The number of Topliss-reactive ketones (excluding diaryl/α,β-unsaturated/α-hetero) is 1. The molecule has 2 atom stereocenters. The number of hydrogen-bond donors (Lipinski definition) is 0. The summed E-state index contributed by atoms with van der Waals surface area (Å²) in [6.07, 6.45) is 6.34. The van der Waals surface area contributed by atoms with E-state index in [9.17, 15) is 9.59 Å². The first kappa shape index (κ1) is 14.2. The van der Waals surface area contributed by atoms with Crippen molar-refractivity contribution >= 4 is 11.8 Å². The second-order valence-electron chi connectivity index (χ2n) is 4.90. The van der Waals surface area contributed by atoms with Gasteiger partial charge in [-0.2, -0.15) is 0 Å². The van der Waals surface area contributed by atoms with Crippen molar-refractivity contribution in [3.05, 3.63) is 0 Å². The Morgan fingerprint density at radius 3 is 2.71 bits per heavy atom. The molecule has 3 nitrogen and oxygen atoms in total. The standard InChI is InChI=1S/C14H24O3/c1-3-5-6-7-13(14(16)17-4-2)11-8-9-12(15)10-11/h11,13H,3-10H2,1-2H3. The Bertz CT molecular complexity index is 260. The number of carbonyl (C=O) groups is 2.